The van der Waals surface area contributed by atoms with Gasteiger partial charge in [-0.2, -0.15) is 0 Å². The lowest BCUT2D eigenvalue weighted by atomic mass is 10.1. The summed E-state index contributed by atoms with van der Waals surface area (Å²) in [6, 6.07) is 0.372. The minimum absolute atomic E-state index is 0.372. The average Bonchev–Trinajstić information content (AvgIpc) is 2.84. The molecule has 0 bridgehead atoms. The Balaban J connectivity index is 1.57. The van der Waals surface area contributed by atoms with Gasteiger partial charge in [0.05, 0.1) is 11.6 Å². The number of hydrogen-bond donors (Lipinski definition) is 2. The molecule has 3 rings (SSSR count). The van der Waals surface area contributed by atoms with Crippen LogP contribution in [-0.4, -0.2) is 66.6 Å². The van der Waals surface area contributed by atoms with Crippen LogP contribution in [0.1, 0.15) is 12.8 Å². The SMILES string of the molecule is C=C/C=N\C=C/CC1=N/C(=C)S/C(NC2=NC=CC(N3CCNCC3)C2)=N\C/C=C\1. The maximum atomic E-state index is 4.65. The van der Waals surface area contributed by atoms with Gasteiger partial charge in [0.25, 0.3) is 0 Å². The van der Waals surface area contributed by atoms with Gasteiger partial charge >= 0.3 is 0 Å². The molecular weight excluding hydrogens is 394 g/mol. The van der Waals surface area contributed by atoms with E-state index in [-0.39, 0.29) is 0 Å². The van der Waals surface area contributed by atoms with Crippen molar-refractivity contribution in [3.05, 3.63) is 61.0 Å². The predicted molar refractivity (Wildman–Crippen MR) is 131 cm³/mol. The fourth-order valence-electron chi connectivity index (χ4n) is 3.23. The Hall–Kier alpha value is -2.55. The maximum Gasteiger partial charge on any atom is 0.168 e. The molecule has 0 radical (unpaired) electrons. The summed E-state index contributed by atoms with van der Waals surface area (Å²) in [6.45, 7) is 12.4. The lowest BCUT2D eigenvalue weighted by Crippen LogP contribution is -2.49. The first-order valence-corrected chi connectivity index (χ1v) is 11.0. The van der Waals surface area contributed by atoms with Crippen molar-refractivity contribution in [2.75, 3.05) is 32.7 Å². The normalized spacial score (nSPS) is 28.1. The molecule has 0 aromatic rings. The van der Waals surface area contributed by atoms with Gasteiger partial charge < -0.3 is 10.6 Å². The average molecular weight is 424 g/mol. The Bertz CT molecular complexity index is 826. The van der Waals surface area contributed by atoms with Crippen LogP contribution >= 0.6 is 11.8 Å². The van der Waals surface area contributed by atoms with Crippen molar-refractivity contribution in [1.82, 2.24) is 15.5 Å². The van der Waals surface area contributed by atoms with Gasteiger partial charge in [-0.3, -0.25) is 14.9 Å². The van der Waals surface area contributed by atoms with E-state index in [1.54, 1.807) is 18.5 Å². The molecule has 0 aromatic heterocycles. The summed E-state index contributed by atoms with van der Waals surface area (Å²) in [5, 5.41) is 8.26. The van der Waals surface area contributed by atoms with Crippen LogP contribution in [0, 0.1) is 0 Å². The molecule has 0 spiro atoms. The summed E-state index contributed by atoms with van der Waals surface area (Å²) < 4.78 is 0. The second-order valence-corrected chi connectivity index (χ2v) is 7.93. The Morgan fingerprint density at radius 1 is 1.37 bits per heavy atom. The minimum Gasteiger partial charge on any atom is -0.323 e. The van der Waals surface area contributed by atoms with Gasteiger partial charge in [0.1, 0.15) is 5.84 Å². The highest BCUT2D eigenvalue weighted by atomic mass is 32.2. The van der Waals surface area contributed by atoms with Crippen molar-refractivity contribution in [3.63, 3.8) is 0 Å². The van der Waals surface area contributed by atoms with E-state index in [9.17, 15) is 0 Å². The molecule has 30 heavy (non-hydrogen) atoms. The van der Waals surface area contributed by atoms with E-state index in [4.69, 9.17) is 0 Å². The van der Waals surface area contributed by atoms with E-state index in [0.717, 1.165) is 49.3 Å². The number of piperazine rings is 1. The number of allylic oxidation sites excluding steroid dienone is 3. The third-order valence-corrected chi connectivity index (χ3v) is 5.41. The molecule has 3 aliphatic rings. The fraction of sp³-hybridized carbons (Fsp3) is 0.364. The Morgan fingerprint density at radius 2 is 2.23 bits per heavy atom. The van der Waals surface area contributed by atoms with Crippen LogP contribution in [-0.2, 0) is 0 Å². The second-order valence-electron chi connectivity index (χ2n) is 6.87. The van der Waals surface area contributed by atoms with Crippen LogP contribution in [0.2, 0.25) is 0 Å². The quantitative estimate of drug-likeness (QED) is 0.667. The number of aliphatic imine (C=N–C) groups is 4. The van der Waals surface area contributed by atoms with Crippen molar-refractivity contribution in [3.8, 4) is 0 Å². The van der Waals surface area contributed by atoms with E-state index >= 15 is 0 Å². The van der Waals surface area contributed by atoms with Crippen molar-refractivity contribution in [2.45, 2.75) is 18.9 Å². The molecule has 0 amide bonds. The zero-order chi connectivity index (χ0) is 21.0. The predicted octanol–water partition coefficient (Wildman–Crippen LogP) is 2.90. The molecule has 0 aromatic carbocycles. The topological polar surface area (TPSA) is 76.7 Å². The lowest BCUT2D eigenvalue weighted by Gasteiger charge is -2.34. The molecule has 7 nitrogen and oxygen atoms in total. The highest BCUT2D eigenvalue weighted by molar-refractivity contribution is 8.17. The van der Waals surface area contributed by atoms with E-state index < -0.39 is 0 Å². The molecular formula is C22H29N7S. The van der Waals surface area contributed by atoms with Crippen molar-refractivity contribution >= 4 is 34.7 Å². The van der Waals surface area contributed by atoms with Crippen molar-refractivity contribution < 1.29 is 0 Å². The molecule has 1 unspecified atom stereocenters. The molecule has 3 aliphatic heterocycles. The number of hydrogen-bond acceptors (Lipinski definition) is 8. The van der Waals surface area contributed by atoms with Crippen LogP contribution in [0.15, 0.2) is 80.9 Å². The monoisotopic (exact) mass is 423 g/mol. The summed E-state index contributed by atoms with van der Waals surface area (Å²) in [6.07, 6.45) is 16.6. The van der Waals surface area contributed by atoms with Crippen molar-refractivity contribution in [2.24, 2.45) is 20.0 Å². The van der Waals surface area contributed by atoms with Gasteiger partial charge in [-0.1, -0.05) is 31.4 Å². The van der Waals surface area contributed by atoms with Gasteiger partial charge in [-0.15, -0.1) is 0 Å². The third kappa shape index (κ3) is 7.37. The van der Waals surface area contributed by atoms with Gasteiger partial charge in [0.2, 0.25) is 0 Å². The zero-order valence-electron chi connectivity index (χ0n) is 17.2. The first kappa shape index (κ1) is 22.1. The summed E-state index contributed by atoms with van der Waals surface area (Å²) in [4.78, 5) is 20.4. The summed E-state index contributed by atoms with van der Waals surface area (Å²) in [5.74, 6) is 0.926. The van der Waals surface area contributed by atoms with Gasteiger partial charge in [0, 0.05) is 69.4 Å². The van der Waals surface area contributed by atoms with E-state index in [2.05, 4.69) is 54.7 Å². The highest BCUT2D eigenvalue weighted by Gasteiger charge is 2.22. The van der Waals surface area contributed by atoms with E-state index in [1.807, 2.05) is 24.4 Å². The Kier molecular flexibility index (Phi) is 9.02. The standard InChI is InChI=1S/C22H29N7S/c1-3-9-23-10-4-6-19-7-5-11-26-22(30-18(2)27-19)28-21-17-20(8-12-25-21)29-15-13-24-14-16-29/h3-5,7-10,12,20,24H,1-2,6,11,13-17H2,(H,25,26,28)/b7-5-,10-4-,23-9-,27-19-. The molecule has 158 valence electrons. The summed E-state index contributed by atoms with van der Waals surface area (Å²) >= 11 is 1.44. The minimum atomic E-state index is 0.372. The molecule has 8 heteroatoms. The first-order chi connectivity index (χ1) is 14.7. The molecule has 0 saturated carbocycles. The van der Waals surface area contributed by atoms with Crippen LogP contribution in [0.4, 0.5) is 0 Å². The van der Waals surface area contributed by atoms with Gasteiger partial charge in [-0.05, 0) is 23.9 Å². The summed E-state index contributed by atoms with van der Waals surface area (Å²) in [7, 11) is 0. The molecule has 1 fully saturated rings. The number of nitrogens with one attached hydrogen (secondary N) is 2. The number of amidine groups is 2. The third-order valence-electron chi connectivity index (χ3n) is 4.66. The summed E-state index contributed by atoms with van der Waals surface area (Å²) in [5.41, 5.74) is 0.922. The van der Waals surface area contributed by atoms with Gasteiger partial charge in [0.15, 0.2) is 5.17 Å². The molecule has 0 aliphatic carbocycles. The zero-order valence-corrected chi connectivity index (χ0v) is 18.0. The Labute approximate surface area is 183 Å². The second kappa shape index (κ2) is 12.2. The molecule has 1 saturated heterocycles. The maximum absolute atomic E-state index is 4.65. The first-order valence-electron chi connectivity index (χ1n) is 10.1. The van der Waals surface area contributed by atoms with Crippen LogP contribution < -0.4 is 10.6 Å². The Morgan fingerprint density at radius 3 is 3.07 bits per heavy atom. The van der Waals surface area contributed by atoms with Crippen molar-refractivity contribution in [1.29, 1.82) is 0 Å². The largest absolute Gasteiger partial charge is 0.323 e. The van der Waals surface area contributed by atoms with Crippen LogP contribution in [0.25, 0.3) is 0 Å². The smallest absolute Gasteiger partial charge is 0.168 e. The van der Waals surface area contributed by atoms with E-state index in [1.165, 1.54) is 11.8 Å². The molecule has 1 atom stereocenters. The molecule has 3 heterocycles. The lowest BCUT2D eigenvalue weighted by molar-refractivity contribution is 0.204. The van der Waals surface area contributed by atoms with Gasteiger partial charge in [-0.25, -0.2) is 9.98 Å². The molecule has 2 N–H and O–H groups in total. The number of rotatable bonds is 5. The van der Waals surface area contributed by atoms with Crippen LogP contribution in [0.3, 0.4) is 0 Å². The van der Waals surface area contributed by atoms with Crippen LogP contribution in [0.5, 0.6) is 0 Å². The highest BCUT2D eigenvalue weighted by Crippen LogP contribution is 2.19. The fourth-order valence-corrected chi connectivity index (χ4v) is 3.93. The number of nitrogens with zero attached hydrogens (tertiary/aromatic N) is 5. The van der Waals surface area contributed by atoms with E-state index in [0.29, 0.717) is 24.0 Å². The number of thioether (sulfide) groups is 1.